The van der Waals surface area contributed by atoms with Crippen LogP contribution in [0.4, 0.5) is 5.69 Å². The van der Waals surface area contributed by atoms with Gasteiger partial charge in [0.2, 0.25) is 0 Å². The molecule has 0 heterocycles. The molecule has 0 aliphatic heterocycles. The molecule has 0 aromatic heterocycles. The zero-order valence-electron chi connectivity index (χ0n) is 12.7. The third kappa shape index (κ3) is 5.17. The number of rotatable bonds is 6. The normalized spacial score (nSPS) is 10.6. The first-order chi connectivity index (χ1) is 11.5. The Morgan fingerprint density at radius 3 is 2.88 bits per heavy atom. The second kappa shape index (κ2) is 8.21. The van der Waals surface area contributed by atoms with Gasteiger partial charge in [0, 0.05) is 22.2 Å². The van der Waals surface area contributed by atoms with Crippen LogP contribution >= 0.6 is 15.9 Å². The van der Waals surface area contributed by atoms with E-state index in [1.807, 2.05) is 19.1 Å². The average Bonchev–Trinajstić information content (AvgIpc) is 2.54. The molecule has 24 heavy (non-hydrogen) atoms. The molecular formula is C16H14BrN3O4. The number of non-ortho nitro benzene ring substituents is 1. The van der Waals surface area contributed by atoms with E-state index in [1.165, 1.54) is 18.3 Å². The summed E-state index contributed by atoms with van der Waals surface area (Å²) in [6.45, 7) is 1.69. The molecule has 0 unspecified atom stereocenters. The van der Waals surface area contributed by atoms with Gasteiger partial charge in [-0.15, -0.1) is 0 Å². The van der Waals surface area contributed by atoms with Crippen LogP contribution in [0.25, 0.3) is 0 Å². The van der Waals surface area contributed by atoms with E-state index in [2.05, 4.69) is 26.5 Å². The smallest absolute Gasteiger partial charge is 0.277 e. The number of carbonyl (C=O) groups is 1. The number of hydrazone groups is 1. The number of hydrogen-bond acceptors (Lipinski definition) is 5. The van der Waals surface area contributed by atoms with Gasteiger partial charge in [0.1, 0.15) is 5.75 Å². The number of aryl methyl sites for hydroxylation is 1. The first-order valence-electron chi connectivity index (χ1n) is 6.91. The van der Waals surface area contributed by atoms with Crippen molar-refractivity contribution in [3.8, 4) is 5.75 Å². The highest BCUT2D eigenvalue weighted by molar-refractivity contribution is 9.10. The summed E-state index contributed by atoms with van der Waals surface area (Å²) in [6.07, 6.45) is 1.33. The Balaban J connectivity index is 1.86. The lowest BCUT2D eigenvalue weighted by Crippen LogP contribution is -2.24. The maximum absolute atomic E-state index is 11.7. The molecule has 0 radical (unpaired) electrons. The van der Waals surface area contributed by atoms with Crippen LogP contribution in [0.1, 0.15) is 11.1 Å². The topological polar surface area (TPSA) is 93.8 Å². The summed E-state index contributed by atoms with van der Waals surface area (Å²) in [5, 5.41) is 14.4. The number of nitro benzene ring substituents is 1. The molecule has 0 saturated heterocycles. The van der Waals surface area contributed by atoms with E-state index >= 15 is 0 Å². The van der Waals surface area contributed by atoms with Gasteiger partial charge in [-0.25, -0.2) is 5.43 Å². The van der Waals surface area contributed by atoms with E-state index in [0.29, 0.717) is 11.3 Å². The maximum Gasteiger partial charge on any atom is 0.277 e. The van der Waals surface area contributed by atoms with Crippen molar-refractivity contribution in [3.05, 3.63) is 68.2 Å². The third-order valence-corrected chi connectivity index (χ3v) is 3.47. The first kappa shape index (κ1) is 17.6. The lowest BCUT2D eigenvalue weighted by Gasteiger charge is -2.08. The summed E-state index contributed by atoms with van der Waals surface area (Å²) < 4.78 is 6.34. The van der Waals surface area contributed by atoms with E-state index < -0.39 is 10.8 Å². The molecule has 0 aliphatic rings. The van der Waals surface area contributed by atoms with Crippen molar-refractivity contribution in [2.24, 2.45) is 5.10 Å². The first-order valence-corrected chi connectivity index (χ1v) is 7.70. The van der Waals surface area contributed by atoms with Gasteiger partial charge < -0.3 is 4.74 Å². The van der Waals surface area contributed by atoms with Crippen molar-refractivity contribution in [3.63, 3.8) is 0 Å². The van der Waals surface area contributed by atoms with Gasteiger partial charge in [0.05, 0.1) is 11.1 Å². The van der Waals surface area contributed by atoms with Gasteiger partial charge in [0.15, 0.2) is 6.61 Å². The SMILES string of the molecule is Cc1cc(Br)ccc1OCC(=O)N/N=C/c1cccc([N+](=O)[O-])c1. The third-order valence-electron chi connectivity index (χ3n) is 2.98. The predicted molar refractivity (Wildman–Crippen MR) is 93.2 cm³/mol. The molecule has 0 fully saturated rings. The Hall–Kier alpha value is -2.74. The highest BCUT2D eigenvalue weighted by atomic mass is 79.9. The van der Waals surface area contributed by atoms with Gasteiger partial charge in [-0.3, -0.25) is 14.9 Å². The molecule has 1 amide bonds. The zero-order valence-corrected chi connectivity index (χ0v) is 14.3. The number of ether oxygens (including phenoxy) is 1. The summed E-state index contributed by atoms with van der Waals surface area (Å²) in [5.41, 5.74) is 3.67. The van der Waals surface area contributed by atoms with E-state index in [4.69, 9.17) is 4.74 Å². The molecule has 0 aliphatic carbocycles. The van der Waals surface area contributed by atoms with Crippen molar-refractivity contribution in [2.45, 2.75) is 6.92 Å². The Morgan fingerprint density at radius 2 is 2.17 bits per heavy atom. The Kier molecular flexibility index (Phi) is 6.02. The fraction of sp³-hybridized carbons (Fsp3) is 0.125. The minimum absolute atomic E-state index is 0.0423. The Labute approximate surface area is 146 Å². The number of nitro groups is 1. The highest BCUT2D eigenvalue weighted by Crippen LogP contribution is 2.21. The molecule has 2 rings (SSSR count). The van der Waals surface area contributed by atoms with E-state index in [9.17, 15) is 14.9 Å². The zero-order chi connectivity index (χ0) is 17.5. The summed E-state index contributed by atoms with van der Waals surface area (Å²) in [5.74, 6) is 0.176. The molecular weight excluding hydrogens is 378 g/mol. The number of hydrogen-bond donors (Lipinski definition) is 1. The minimum Gasteiger partial charge on any atom is -0.483 e. The van der Waals surface area contributed by atoms with Crippen LogP contribution in [-0.2, 0) is 4.79 Å². The van der Waals surface area contributed by atoms with Crippen molar-refractivity contribution in [1.29, 1.82) is 0 Å². The number of nitrogens with zero attached hydrogens (tertiary/aromatic N) is 2. The lowest BCUT2D eigenvalue weighted by atomic mass is 10.2. The van der Waals surface area contributed by atoms with Crippen LogP contribution in [0, 0.1) is 17.0 Å². The Morgan fingerprint density at radius 1 is 1.38 bits per heavy atom. The van der Waals surface area contributed by atoms with Crippen molar-refractivity contribution < 1.29 is 14.5 Å². The fourth-order valence-corrected chi connectivity index (χ4v) is 2.32. The van der Waals surface area contributed by atoms with E-state index in [-0.39, 0.29) is 12.3 Å². The van der Waals surface area contributed by atoms with Crippen LogP contribution in [-0.4, -0.2) is 23.7 Å². The van der Waals surface area contributed by atoms with Crippen LogP contribution in [0.15, 0.2) is 52.0 Å². The van der Waals surface area contributed by atoms with Crippen molar-refractivity contribution in [2.75, 3.05) is 6.61 Å². The molecule has 0 spiro atoms. The summed E-state index contributed by atoms with van der Waals surface area (Å²) in [4.78, 5) is 21.9. The molecule has 2 aromatic carbocycles. The van der Waals surface area contributed by atoms with Gasteiger partial charge in [-0.1, -0.05) is 28.1 Å². The second-order valence-electron chi connectivity index (χ2n) is 4.84. The fourth-order valence-electron chi connectivity index (χ4n) is 1.85. The standard InChI is InChI=1S/C16H14BrN3O4/c1-11-7-13(17)5-6-15(11)24-10-16(21)19-18-9-12-3-2-4-14(8-12)20(22)23/h2-9H,10H2,1H3,(H,19,21)/b18-9+. The predicted octanol–water partition coefficient (Wildman–Crippen LogP) is 3.19. The van der Waals surface area contributed by atoms with Gasteiger partial charge >= 0.3 is 0 Å². The van der Waals surface area contributed by atoms with Crippen molar-refractivity contribution in [1.82, 2.24) is 5.43 Å². The van der Waals surface area contributed by atoms with Gasteiger partial charge in [0.25, 0.3) is 11.6 Å². The molecule has 0 saturated carbocycles. The summed E-state index contributed by atoms with van der Waals surface area (Å²) >= 11 is 3.35. The van der Waals surface area contributed by atoms with Crippen LogP contribution in [0.3, 0.4) is 0 Å². The van der Waals surface area contributed by atoms with E-state index in [0.717, 1.165) is 10.0 Å². The number of benzene rings is 2. The molecule has 1 N–H and O–H groups in total. The summed E-state index contributed by atoms with van der Waals surface area (Å²) in [7, 11) is 0. The monoisotopic (exact) mass is 391 g/mol. The number of halogens is 1. The van der Waals surface area contributed by atoms with E-state index in [1.54, 1.807) is 18.2 Å². The summed E-state index contributed by atoms with van der Waals surface area (Å²) in [6, 6.07) is 11.4. The largest absolute Gasteiger partial charge is 0.483 e. The van der Waals surface area contributed by atoms with Crippen LogP contribution in [0.5, 0.6) is 5.75 Å². The van der Waals surface area contributed by atoms with Crippen LogP contribution < -0.4 is 10.2 Å². The quantitative estimate of drug-likeness (QED) is 0.464. The van der Waals surface area contributed by atoms with Gasteiger partial charge in [-0.05, 0) is 30.7 Å². The number of amides is 1. The molecule has 0 atom stereocenters. The molecule has 8 heteroatoms. The minimum atomic E-state index is -0.496. The number of nitrogens with one attached hydrogen (secondary N) is 1. The number of carbonyl (C=O) groups excluding carboxylic acids is 1. The second-order valence-corrected chi connectivity index (χ2v) is 5.76. The lowest BCUT2D eigenvalue weighted by molar-refractivity contribution is -0.384. The molecule has 7 nitrogen and oxygen atoms in total. The molecule has 0 bridgehead atoms. The molecule has 2 aromatic rings. The van der Waals surface area contributed by atoms with Crippen LogP contribution in [0.2, 0.25) is 0 Å². The average molecular weight is 392 g/mol. The van der Waals surface area contributed by atoms with Gasteiger partial charge in [-0.2, -0.15) is 5.10 Å². The Bertz CT molecular complexity index is 793. The highest BCUT2D eigenvalue weighted by Gasteiger charge is 2.06. The molecule has 124 valence electrons. The van der Waals surface area contributed by atoms with Crippen molar-refractivity contribution >= 4 is 33.7 Å². The maximum atomic E-state index is 11.7.